The minimum Gasteiger partial charge on any atom is -0.395 e. The van der Waals surface area contributed by atoms with Gasteiger partial charge in [0.25, 0.3) is 0 Å². The average Bonchev–Trinajstić information content (AvgIpc) is 2.60. The van der Waals surface area contributed by atoms with Crippen LogP contribution in [0.4, 0.5) is 10.3 Å². The SMILES string of the molecule is CC(=O)CCON=C1CN(c2ncc(-c3cccc(CO)c3F)cn2)C1. The minimum atomic E-state index is -0.465. The van der Waals surface area contributed by atoms with Crippen molar-refractivity contribution in [2.24, 2.45) is 5.16 Å². The van der Waals surface area contributed by atoms with Crippen LogP contribution in [-0.4, -0.2) is 46.3 Å². The molecule has 0 unspecified atom stereocenters. The second kappa shape index (κ2) is 8.01. The predicted molar refractivity (Wildman–Crippen MR) is 94.2 cm³/mol. The van der Waals surface area contributed by atoms with Crippen molar-refractivity contribution in [1.29, 1.82) is 0 Å². The maximum atomic E-state index is 14.3. The highest BCUT2D eigenvalue weighted by Gasteiger charge is 2.25. The van der Waals surface area contributed by atoms with Crippen molar-refractivity contribution < 1.29 is 19.1 Å². The summed E-state index contributed by atoms with van der Waals surface area (Å²) in [4.78, 5) is 26.3. The van der Waals surface area contributed by atoms with Gasteiger partial charge in [-0.25, -0.2) is 14.4 Å². The van der Waals surface area contributed by atoms with E-state index in [0.717, 1.165) is 5.71 Å². The Labute approximate surface area is 150 Å². The minimum absolute atomic E-state index is 0.0647. The first kappa shape index (κ1) is 17.9. The third-order valence-electron chi connectivity index (χ3n) is 3.97. The number of halogens is 1. The molecule has 1 aliphatic rings. The molecule has 0 bridgehead atoms. The Balaban J connectivity index is 1.60. The van der Waals surface area contributed by atoms with Gasteiger partial charge < -0.3 is 14.8 Å². The lowest BCUT2D eigenvalue weighted by Crippen LogP contribution is -2.48. The fourth-order valence-electron chi connectivity index (χ4n) is 2.47. The molecule has 3 rings (SSSR count). The van der Waals surface area contributed by atoms with Crippen LogP contribution >= 0.6 is 0 Å². The van der Waals surface area contributed by atoms with Gasteiger partial charge in [-0.05, 0) is 6.92 Å². The maximum Gasteiger partial charge on any atom is 0.225 e. The van der Waals surface area contributed by atoms with Gasteiger partial charge in [-0.2, -0.15) is 0 Å². The van der Waals surface area contributed by atoms with Crippen molar-refractivity contribution in [3.8, 4) is 11.1 Å². The summed E-state index contributed by atoms with van der Waals surface area (Å²) in [5.41, 5.74) is 1.99. The number of carbonyl (C=O) groups is 1. The molecule has 0 saturated carbocycles. The Morgan fingerprint density at radius 3 is 2.73 bits per heavy atom. The van der Waals surface area contributed by atoms with Gasteiger partial charge in [0.15, 0.2) is 0 Å². The van der Waals surface area contributed by atoms with Gasteiger partial charge in [-0.1, -0.05) is 23.4 Å². The lowest BCUT2D eigenvalue weighted by atomic mass is 10.1. The second-order valence-electron chi connectivity index (χ2n) is 6.01. The topological polar surface area (TPSA) is 87.9 Å². The Kier molecular flexibility index (Phi) is 5.52. The van der Waals surface area contributed by atoms with Crippen molar-refractivity contribution in [3.05, 3.63) is 42.0 Å². The highest BCUT2D eigenvalue weighted by Crippen LogP contribution is 2.25. The summed E-state index contributed by atoms with van der Waals surface area (Å²) in [7, 11) is 0. The normalized spacial score (nSPS) is 13.3. The first-order valence-electron chi connectivity index (χ1n) is 8.21. The Bertz CT molecular complexity index is 816. The first-order chi connectivity index (χ1) is 12.6. The Morgan fingerprint density at radius 1 is 1.35 bits per heavy atom. The van der Waals surface area contributed by atoms with E-state index in [0.29, 0.717) is 36.6 Å². The molecule has 0 atom stereocenters. The molecule has 136 valence electrons. The van der Waals surface area contributed by atoms with Crippen LogP contribution in [0.2, 0.25) is 0 Å². The standard InChI is InChI=1S/C18H19FN4O3/c1-12(25)5-6-26-22-15-9-23(10-15)18-20-7-14(8-21-18)16-4-2-3-13(11-24)17(16)19/h2-4,7-8,24H,5-6,9-11H2,1H3. The number of benzene rings is 1. The lowest BCUT2D eigenvalue weighted by molar-refractivity contribution is -0.118. The number of oxime groups is 1. The van der Waals surface area contributed by atoms with E-state index in [4.69, 9.17) is 9.94 Å². The van der Waals surface area contributed by atoms with E-state index in [9.17, 15) is 9.18 Å². The van der Waals surface area contributed by atoms with Crippen LogP contribution < -0.4 is 4.90 Å². The van der Waals surface area contributed by atoms with E-state index in [-0.39, 0.29) is 24.6 Å². The zero-order valence-corrected chi connectivity index (χ0v) is 14.4. The third kappa shape index (κ3) is 4.02. The summed E-state index contributed by atoms with van der Waals surface area (Å²) < 4.78 is 14.3. The number of aliphatic hydroxyl groups is 1. The van der Waals surface area contributed by atoms with E-state index >= 15 is 0 Å². The molecule has 0 aliphatic carbocycles. The molecule has 26 heavy (non-hydrogen) atoms. The number of rotatable bonds is 7. The molecule has 1 aliphatic heterocycles. The molecule has 1 fully saturated rings. The third-order valence-corrected chi connectivity index (χ3v) is 3.97. The molecular formula is C18H19FN4O3. The van der Waals surface area contributed by atoms with Crippen molar-refractivity contribution in [1.82, 2.24) is 9.97 Å². The molecule has 1 aromatic carbocycles. The number of Topliss-reactive ketones (excluding diaryl/α,β-unsaturated/α-hetero) is 1. The monoisotopic (exact) mass is 358 g/mol. The summed E-state index contributed by atoms with van der Waals surface area (Å²) in [5, 5.41) is 13.1. The van der Waals surface area contributed by atoms with Crippen LogP contribution in [0, 0.1) is 5.82 Å². The number of anilines is 1. The van der Waals surface area contributed by atoms with Crippen molar-refractivity contribution in [2.75, 3.05) is 24.6 Å². The van der Waals surface area contributed by atoms with Gasteiger partial charge in [0.1, 0.15) is 18.2 Å². The molecule has 7 nitrogen and oxygen atoms in total. The largest absolute Gasteiger partial charge is 0.395 e. The number of aliphatic hydroxyl groups excluding tert-OH is 1. The Hall–Kier alpha value is -2.87. The Morgan fingerprint density at radius 2 is 2.08 bits per heavy atom. The zero-order chi connectivity index (χ0) is 18.5. The van der Waals surface area contributed by atoms with Crippen LogP contribution in [0.3, 0.4) is 0 Å². The second-order valence-corrected chi connectivity index (χ2v) is 6.01. The van der Waals surface area contributed by atoms with Crippen molar-refractivity contribution in [2.45, 2.75) is 20.0 Å². The molecule has 2 heterocycles. The zero-order valence-electron chi connectivity index (χ0n) is 14.4. The molecule has 0 radical (unpaired) electrons. The van der Waals surface area contributed by atoms with E-state index in [2.05, 4.69) is 15.1 Å². The molecule has 1 saturated heterocycles. The number of hydrogen-bond acceptors (Lipinski definition) is 7. The molecule has 0 spiro atoms. The summed E-state index contributed by atoms with van der Waals surface area (Å²) in [6.07, 6.45) is 3.46. The van der Waals surface area contributed by atoms with Crippen LogP contribution in [-0.2, 0) is 16.2 Å². The van der Waals surface area contributed by atoms with E-state index in [1.54, 1.807) is 24.5 Å². The van der Waals surface area contributed by atoms with Gasteiger partial charge in [0.2, 0.25) is 5.95 Å². The van der Waals surface area contributed by atoms with E-state index < -0.39 is 5.82 Å². The number of nitrogens with zero attached hydrogens (tertiary/aromatic N) is 4. The van der Waals surface area contributed by atoms with Gasteiger partial charge >= 0.3 is 0 Å². The van der Waals surface area contributed by atoms with Crippen molar-refractivity contribution in [3.63, 3.8) is 0 Å². The maximum absolute atomic E-state index is 14.3. The number of ketones is 1. The quantitative estimate of drug-likeness (QED) is 0.601. The number of carbonyl (C=O) groups excluding carboxylic acids is 1. The van der Waals surface area contributed by atoms with Gasteiger partial charge in [-0.15, -0.1) is 0 Å². The van der Waals surface area contributed by atoms with E-state index in [1.165, 1.54) is 13.0 Å². The highest BCUT2D eigenvalue weighted by molar-refractivity contribution is 5.98. The average molecular weight is 358 g/mol. The van der Waals surface area contributed by atoms with Crippen molar-refractivity contribution >= 4 is 17.4 Å². The summed E-state index contributed by atoms with van der Waals surface area (Å²) >= 11 is 0. The first-order valence-corrected chi connectivity index (χ1v) is 8.21. The molecular weight excluding hydrogens is 339 g/mol. The molecule has 2 aromatic rings. The van der Waals surface area contributed by atoms with Crippen LogP contribution in [0.15, 0.2) is 35.7 Å². The number of aromatic nitrogens is 2. The van der Waals surface area contributed by atoms with Gasteiger partial charge in [0.05, 0.1) is 25.4 Å². The molecule has 1 aromatic heterocycles. The molecule has 0 amide bonds. The molecule has 8 heteroatoms. The van der Waals surface area contributed by atoms with E-state index in [1.807, 2.05) is 4.90 Å². The summed E-state index contributed by atoms with van der Waals surface area (Å²) in [5.74, 6) is 0.123. The summed E-state index contributed by atoms with van der Waals surface area (Å²) in [6, 6.07) is 4.84. The predicted octanol–water partition coefficient (Wildman–Crippen LogP) is 1.95. The van der Waals surface area contributed by atoms with Gasteiger partial charge in [0, 0.05) is 35.5 Å². The highest BCUT2D eigenvalue weighted by atomic mass is 19.1. The summed E-state index contributed by atoms with van der Waals surface area (Å²) in [6.45, 7) is 2.53. The van der Waals surface area contributed by atoms with Crippen LogP contribution in [0.25, 0.3) is 11.1 Å². The molecule has 1 N–H and O–H groups in total. The fourth-order valence-corrected chi connectivity index (χ4v) is 2.47. The smallest absolute Gasteiger partial charge is 0.225 e. The fraction of sp³-hybridized carbons (Fsp3) is 0.333. The lowest BCUT2D eigenvalue weighted by Gasteiger charge is -2.31. The van der Waals surface area contributed by atoms with Gasteiger partial charge in [-0.3, -0.25) is 4.79 Å². The van der Waals surface area contributed by atoms with Crippen LogP contribution in [0.1, 0.15) is 18.9 Å². The number of hydrogen-bond donors (Lipinski definition) is 1. The van der Waals surface area contributed by atoms with Crippen LogP contribution in [0.5, 0.6) is 0 Å².